The van der Waals surface area contributed by atoms with Crippen LogP contribution in [0.4, 0.5) is 10.5 Å². The summed E-state index contributed by atoms with van der Waals surface area (Å²) < 4.78 is 12.0. The molecule has 6 nitrogen and oxygen atoms in total. The van der Waals surface area contributed by atoms with Crippen molar-refractivity contribution in [3.63, 3.8) is 0 Å². The second-order valence-corrected chi connectivity index (χ2v) is 7.68. The molecule has 2 amide bonds. The van der Waals surface area contributed by atoms with E-state index in [9.17, 15) is 9.90 Å². The van der Waals surface area contributed by atoms with E-state index in [1.165, 1.54) is 0 Å². The van der Waals surface area contributed by atoms with Crippen molar-refractivity contribution in [2.24, 2.45) is 0 Å². The first-order valence-electron chi connectivity index (χ1n) is 9.81. The maximum Gasteiger partial charge on any atom is 0.322 e. The Morgan fingerprint density at radius 3 is 2.62 bits per heavy atom. The van der Waals surface area contributed by atoms with Crippen molar-refractivity contribution in [1.29, 1.82) is 0 Å². The Balaban J connectivity index is 1.50. The fourth-order valence-electron chi connectivity index (χ4n) is 4.72. The predicted molar refractivity (Wildman–Crippen MR) is 98.6 cm³/mol. The van der Waals surface area contributed by atoms with E-state index < -0.39 is 11.9 Å². The lowest BCUT2D eigenvalue weighted by atomic mass is 9.91. The highest BCUT2D eigenvalue weighted by Gasteiger charge is 2.51. The fourth-order valence-corrected chi connectivity index (χ4v) is 4.72. The van der Waals surface area contributed by atoms with Crippen molar-refractivity contribution in [2.45, 2.75) is 76.2 Å². The normalized spacial score (nSPS) is 25.0. The summed E-state index contributed by atoms with van der Waals surface area (Å²) in [5, 5.41) is 13.4. The van der Waals surface area contributed by atoms with E-state index in [1.807, 2.05) is 36.9 Å². The van der Waals surface area contributed by atoms with Gasteiger partial charge in [0.05, 0.1) is 11.6 Å². The quantitative estimate of drug-likeness (QED) is 0.858. The summed E-state index contributed by atoms with van der Waals surface area (Å²) in [6.45, 7) is 4.68. The summed E-state index contributed by atoms with van der Waals surface area (Å²) in [7, 11) is 0. The van der Waals surface area contributed by atoms with Gasteiger partial charge in [-0.3, -0.25) is 0 Å². The largest absolute Gasteiger partial charge is 0.448 e. The lowest BCUT2D eigenvalue weighted by molar-refractivity contribution is -0.0843. The summed E-state index contributed by atoms with van der Waals surface area (Å²) in [5.41, 5.74) is 0.315. The van der Waals surface area contributed by atoms with Crippen molar-refractivity contribution in [3.05, 3.63) is 18.2 Å². The molecule has 2 heterocycles. The molecule has 1 spiro atoms. The molecule has 1 saturated carbocycles. The number of carbonyl (C=O) groups is 1. The second-order valence-electron chi connectivity index (χ2n) is 7.68. The molecule has 4 rings (SSSR count). The second kappa shape index (κ2) is 6.34. The van der Waals surface area contributed by atoms with E-state index in [4.69, 9.17) is 9.47 Å². The van der Waals surface area contributed by atoms with Crippen LogP contribution in [0.15, 0.2) is 18.2 Å². The number of likely N-dealkylation sites (tertiary alicyclic amines) is 1. The Hall–Kier alpha value is -1.95. The van der Waals surface area contributed by atoms with Gasteiger partial charge in [-0.15, -0.1) is 0 Å². The first-order chi connectivity index (χ1) is 12.5. The number of hydrogen-bond donors (Lipinski definition) is 2. The molecule has 6 heteroatoms. The highest BCUT2D eigenvalue weighted by molar-refractivity contribution is 5.90. The van der Waals surface area contributed by atoms with Gasteiger partial charge in [0.25, 0.3) is 5.79 Å². The first-order valence-corrected chi connectivity index (χ1v) is 9.81. The Morgan fingerprint density at radius 2 is 1.92 bits per heavy atom. The molecular formula is C20H28N2O4. The van der Waals surface area contributed by atoms with Crippen LogP contribution in [0.2, 0.25) is 0 Å². The van der Waals surface area contributed by atoms with Gasteiger partial charge < -0.3 is 24.8 Å². The Morgan fingerprint density at radius 1 is 1.23 bits per heavy atom. The summed E-state index contributed by atoms with van der Waals surface area (Å²) >= 11 is 0. The molecular weight excluding hydrogens is 332 g/mol. The molecule has 1 aliphatic carbocycles. The highest BCUT2D eigenvalue weighted by Crippen LogP contribution is 2.45. The van der Waals surface area contributed by atoms with E-state index in [2.05, 4.69) is 5.32 Å². The van der Waals surface area contributed by atoms with Crippen LogP contribution in [-0.2, 0) is 0 Å². The zero-order valence-electron chi connectivity index (χ0n) is 15.6. The molecule has 2 aliphatic heterocycles. The Bertz CT molecular complexity index is 695. The molecule has 1 aromatic rings. The van der Waals surface area contributed by atoms with Gasteiger partial charge in [0.1, 0.15) is 0 Å². The molecule has 2 N–H and O–H groups in total. The number of aliphatic hydroxyl groups is 1. The Labute approximate surface area is 154 Å². The average Bonchev–Trinajstić information content (AvgIpc) is 3.34. The van der Waals surface area contributed by atoms with E-state index >= 15 is 0 Å². The lowest BCUT2D eigenvalue weighted by Gasteiger charge is -2.37. The average molecular weight is 360 g/mol. The van der Waals surface area contributed by atoms with E-state index in [0.29, 0.717) is 24.4 Å². The van der Waals surface area contributed by atoms with Gasteiger partial charge in [0, 0.05) is 31.1 Å². The standard InChI is InChI=1S/C20H28N2O4/c1-3-20(4-2)25-15-8-7-14(13-16(15)26-20)21-18(24)22-12-9-17(23)19(22)10-5-6-11-19/h7-8,13,17,23H,3-6,9-12H2,1-2H3,(H,21,24). The van der Waals surface area contributed by atoms with Crippen LogP contribution >= 0.6 is 0 Å². The minimum absolute atomic E-state index is 0.139. The number of nitrogens with one attached hydrogen (secondary N) is 1. The molecule has 3 aliphatic rings. The number of ether oxygens (including phenoxy) is 2. The van der Waals surface area contributed by atoms with Crippen molar-refractivity contribution in [1.82, 2.24) is 4.90 Å². The maximum atomic E-state index is 12.9. The van der Waals surface area contributed by atoms with Crippen LogP contribution in [0.25, 0.3) is 0 Å². The maximum absolute atomic E-state index is 12.9. The van der Waals surface area contributed by atoms with Crippen LogP contribution in [0.3, 0.4) is 0 Å². The van der Waals surface area contributed by atoms with Gasteiger partial charge >= 0.3 is 6.03 Å². The SMILES string of the molecule is CCC1(CC)Oc2ccc(NC(=O)N3CCC(O)C34CCCC4)cc2O1. The van der Waals surface area contributed by atoms with E-state index in [-0.39, 0.29) is 11.6 Å². The molecule has 0 bridgehead atoms. The van der Waals surface area contributed by atoms with Gasteiger partial charge in [-0.1, -0.05) is 26.7 Å². The summed E-state index contributed by atoms with van der Waals surface area (Å²) in [4.78, 5) is 14.7. The Kier molecular flexibility index (Phi) is 4.26. The predicted octanol–water partition coefficient (Wildman–Crippen LogP) is 3.89. The number of amides is 2. The number of benzene rings is 1. The van der Waals surface area contributed by atoms with Crippen LogP contribution < -0.4 is 14.8 Å². The lowest BCUT2D eigenvalue weighted by Crippen LogP contribution is -2.52. The minimum Gasteiger partial charge on any atom is -0.448 e. The molecule has 142 valence electrons. The molecule has 1 aromatic carbocycles. The summed E-state index contributed by atoms with van der Waals surface area (Å²) in [6.07, 6.45) is 5.67. The number of fused-ring (bicyclic) bond motifs is 1. The third-order valence-corrected chi connectivity index (χ3v) is 6.36. The summed E-state index contributed by atoms with van der Waals surface area (Å²) in [5.74, 6) is 0.789. The monoisotopic (exact) mass is 360 g/mol. The number of anilines is 1. The number of hydrogen-bond acceptors (Lipinski definition) is 4. The van der Waals surface area contributed by atoms with E-state index in [1.54, 1.807) is 0 Å². The summed E-state index contributed by atoms with van der Waals surface area (Å²) in [6, 6.07) is 5.38. The first kappa shape index (κ1) is 17.5. The van der Waals surface area contributed by atoms with Crippen molar-refractivity contribution < 1.29 is 19.4 Å². The van der Waals surface area contributed by atoms with Crippen molar-refractivity contribution in [2.75, 3.05) is 11.9 Å². The molecule has 1 unspecified atom stereocenters. The molecule has 1 atom stereocenters. The number of nitrogens with zero attached hydrogens (tertiary/aromatic N) is 1. The van der Waals surface area contributed by atoms with Gasteiger partial charge in [-0.05, 0) is 31.4 Å². The third kappa shape index (κ3) is 2.62. The topological polar surface area (TPSA) is 71.0 Å². The van der Waals surface area contributed by atoms with Gasteiger partial charge in [-0.25, -0.2) is 4.79 Å². The van der Waals surface area contributed by atoms with Gasteiger partial charge in [0.2, 0.25) is 0 Å². The van der Waals surface area contributed by atoms with Gasteiger partial charge in [0.15, 0.2) is 11.5 Å². The van der Waals surface area contributed by atoms with Crippen molar-refractivity contribution >= 4 is 11.7 Å². The molecule has 0 radical (unpaired) electrons. The van der Waals surface area contributed by atoms with Crippen molar-refractivity contribution in [3.8, 4) is 11.5 Å². The van der Waals surface area contributed by atoms with Gasteiger partial charge in [-0.2, -0.15) is 0 Å². The molecule has 26 heavy (non-hydrogen) atoms. The van der Waals surface area contributed by atoms with E-state index in [0.717, 1.165) is 44.3 Å². The minimum atomic E-state index is -0.599. The third-order valence-electron chi connectivity index (χ3n) is 6.36. The zero-order valence-corrected chi connectivity index (χ0v) is 15.6. The van der Waals surface area contributed by atoms with Crippen LogP contribution in [0.5, 0.6) is 11.5 Å². The molecule has 1 saturated heterocycles. The number of carbonyl (C=O) groups excluding carboxylic acids is 1. The fraction of sp³-hybridized carbons (Fsp3) is 0.650. The zero-order chi connectivity index (χ0) is 18.4. The number of urea groups is 1. The highest BCUT2D eigenvalue weighted by atomic mass is 16.7. The number of aliphatic hydroxyl groups excluding tert-OH is 1. The van der Waals surface area contributed by atoms with Crippen LogP contribution in [0, 0.1) is 0 Å². The molecule has 0 aromatic heterocycles. The smallest absolute Gasteiger partial charge is 0.322 e. The van der Waals surface area contributed by atoms with Crippen LogP contribution in [0.1, 0.15) is 58.8 Å². The molecule has 2 fully saturated rings. The van der Waals surface area contributed by atoms with Crippen LogP contribution in [-0.4, -0.2) is 40.0 Å². The number of rotatable bonds is 3.